The summed E-state index contributed by atoms with van der Waals surface area (Å²) in [4.78, 5) is 50.8. The van der Waals surface area contributed by atoms with E-state index in [0.29, 0.717) is 23.8 Å². The van der Waals surface area contributed by atoms with Crippen LogP contribution in [0.5, 0.6) is 0 Å². The average molecular weight is 481 g/mol. The van der Waals surface area contributed by atoms with Crippen molar-refractivity contribution in [3.63, 3.8) is 0 Å². The van der Waals surface area contributed by atoms with E-state index in [0.717, 1.165) is 0 Å². The molecule has 0 spiro atoms. The fraction of sp³-hybridized carbons (Fsp3) is 0.556. The van der Waals surface area contributed by atoms with Crippen LogP contribution < -0.4 is 143 Å². The Bertz CT molecular complexity index is 519. The van der Waals surface area contributed by atoms with E-state index >= 15 is 0 Å². The summed E-state index contributed by atoms with van der Waals surface area (Å²) in [5.74, 6) is 0.634. The van der Waals surface area contributed by atoms with E-state index in [1.54, 1.807) is 18.5 Å². The summed E-state index contributed by atoms with van der Waals surface area (Å²) >= 11 is 1.38. The van der Waals surface area contributed by atoms with Crippen LogP contribution in [0.2, 0.25) is 0 Å². The molecule has 0 radical (unpaired) electrons. The van der Waals surface area contributed by atoms with E-state index in [4.69, 9.17) is 0 Å². The second kappa shape index (κ2) is 22.8. The Morgan fingerprint density at radius 2 is 1.37 bits per heavy atom. The van der Waals surface area contributed by atoms with E-state index in [9.17, 15) is 28.7 Å². The van der Waals surface area contributed by atoms with E-state index < -0.39 is 20.7 Å². The van der Waals surface area contributed by atoms with Crippen LogP contribution in [0.3, 0.4) is 0 Å². The van der Waals surface area contributed by atoms with Crippen LogP contribution in [0.1, 0.15) is 12.8 Å². The molecule has 1 aromatic heterocycles. The third kappa shape index (κ3) is 21.2. The van der Waals surface area contributed by atoms with Crippen LogP contribution in [0.25, 0.3) is 0 Å². The molecule has 0 fully saturated rings. The molecule has 0 aliphatic heterocycles. The van der Waals surface area contributed by atoms with Gasteiger partial charge in [-0.05, 0) is 40.6 Å². The topological polar surface area (TPSA) is 227 Å². The number of unbranched alkanes of at least 4 members (excludes halogenated alkanes) is 1. The summed E-state index contributed by atoms with van der Waals surface area (Å²) in [6, 6.07) is 1.68. The molecular formula is C9H17N3Na4O8P2S. The molecule has 18 heteroatoms. The van der Waals surface area contributed by atoms with Crippen molar-refractivity contribution in [3.05, 3.63) is 18.5 Å². The van der Waals surface area contributed by atoms with Crippen molar-refractivity contribution in [1.29, 1.82) is 0 Å². The van der Waals surface area contributed by atoms with Crippen LogP contribution in [0, 0.1) is 0 Å². The van der Waals surface area contributed by atoms with Gasteiger partial charge in [-0.1, -0.05) is 11.8 Å². The van der Waals surface area contributed by atoms with Gasteiger partial charge in [0.2, 0.25) is 0 Å². The Hall–Kier alpha value is 3.61. The molecule has 1 aromatic rings. The molecule has 0 saturated carbocycles. The number of rotatable bonds is 9. The standard InChI is InChI=1S/C9H17N3O6P2S.4Na.2H2O/c13-19(14,15)9(20(16,17)18)12-4-1-2-7-21-8-10-5-3-6-11-8;;;;;;/h3,5-6,9,12H,1-2,4,7H2,(H2,13,14,15)(H2,16,17,18);;;;;2*1H2/q;4*+1;;/p-4. The van der Waals surface area contributed by atoms with Crippen molar-refractivity contribution in [2.24, 2.45) is 0 Å². The number of thioether (sulfide) groups is 1. The normalized spacial score (nSPS) is 9.96. The van der Waals surface area contributed by atoms with Gasteiger partial charge in [-0.3, -0.25) is 0 Å². The second-order valence-electron chi connectivity index (χ2n) is 3.99. The monoisotopic (exact) mass is 481 g/mol. The molecular weight excluding hydrogens is 464 g/mol. The first-order chi connectivity index (χ1) is 9.71. The number of hydrogen-bond acceptors (Lipinski definition) is 10. The summed E-state index contributed by atoms with van der Waals surface area (Å²) in [6.45, 7) is -0.0657. The first kappa shape index (κ1) is 44.3. The maximum Gasteiger partial charge on any atom is 1.00 e. The van der Waals surface area contributed by atoms with Gasteiger partial charge in [0, 0.05) is 18.1 Å². The van der Waals surface area contributed by atoms with Crippen LogP contribution in [-0.4, -0.2) is 38.7 Å². The van der Waals surface area contributed by atoms with Crippen molar-refractivity contribution in [2.75, 3.05) is 12.3 Å². The van der Waals surface area contributed by atoms with Crippen LogP contribution in [0.15, 0.2) is 23.6 Å². The van der Waals surface area contributed by atoms with E-state index in [1.807, 2.05) is 5.32 Å². The summed E-state index contributed by atoms with van der Waals surface area (Å²) in [7, 11) is -11.1. The van der Waals surface area contributed by atoms with Crippen molar-refractivity contribution in [1.82, 2.24) is 15.3 Å². The number of hydrogen-bond donors (Lipinski definition) is 1. The zero-order valence-corrected chi connectivity index (χ0v) is 26.4. The Balaban J connectivity index is -0.000000184. The van der Waals surface area contributed by atoms with Crippen molar-refractivity contribution < 1.29 is 158 Å². The number of aromatic nitrogens is 2. The molecule has 136 valence electrons. The molecule has 27 heavy (non-hydrogen) atoms. The zero-order chi connectivity index (χ0) is 15.9. The number of nitrogens with one attached hydrogen (secondary N) is 1. The molecule has 0 saturated heterocycles. The fourth-order valence-corrected chi connectivity index (χ4v) is 4.27. The Kier molecular flexibility index (Phi) is 37.4. The van der Waals surface area contributed by atoms with Gasteiger partial charge in [-0.25, -0.2) is 9.97 Å². The third-order valence-electron chi connectivity index (χ3n) is 2.27. The van der Waals surface area contributed by atoms with E-state index in [1.165, 1.54) is 11.8 Å². The van der Waals surface area contributed by atoms with Crippen molar-refractivity contribution in [2.45, 2.75) is 23.5 Å². The molecule has 0 aliphatic rings. The molecule has 5 N–H and O–H groups in total. The summed E-state index contributed by atoms with van der Waals surface area (Å²) in [5.41, 5.74) is -2.59. The van der Waals surface area contributed by atoms with Crippen molar-refractivity contribution >= 4 is 27.0 Å². The second-order valence-corrected chi connectivity index (χ2v) is 8.66. The van der Waals surface area contributed by atoms with Gasteiger partial charge in [-0.2, -0.15) is 0 Å². The summed E-state index contributed by atoms with van der Waals surface area (Å²) in [5, 5.41) is 2.57. The molecule has 0 aromatic carbocycles. The van der Waals surface area contributed by atoms with Crippen molar-refractivity contribution in [3.8, 4) is 0 Å². The molecule has 0 amide bonds. The maximum atomic E-state index is 10.7. The first-order valence-corrected chi connectivity index (χ1v) is 10.1. The quantitative estimate of drug-likeness (QED) is 0.115. The average Bonchev–Trinajstić information content (AvgIpc) is 2.35. The van der Waals surface area contributed by atoms with Gasteiger partial charge in [0.25, 0.3) is 0 Å². The Morgan fingerprint density at radius 3 is 1.78 bits per heavy atom. The number of nitrogens with zero attached hydrogens (tertiary/aromatic N) is 2. The maximum absolute atomic E-state index is 10.7. The molecule has 0 aliphatic carbocycles. The van der Waals surface area contributed by atoms with Crippen LogP contribution >= 0.6 is 27.0 Å². The minimum absolute atomic E-state index is 0. The first-order valence-electron chi connectivity index (χ1n) is 5.88. The van der Waals surface area contributed by atoms with Gasteiger partial charge >= 0.3 is 118 Å². The van der Waals surface area contributed by atoms with E-state index in [2.05, 4.69) is 9.97 Å². The van der Waals surface area contributed by atoms with Gasteiger partial charge in [0.15, 0.2) is 5.16 Å². The molecule has 0 atom stereocenters. The SMILES string of the molecule is O.O.O=P([O-])([O-])C(NCCCCSc1ncccn1)P(=O)([O-])[O-].[Na+].[Na+].[Na+].[Na+]. The summed E-state index contributed by atoms with van der Waals surface area (Å²) < 4.78 is 21.4. The molecule has 1 rings (SSSR count). The van der Waals surface area contributed by atoms with Gasteiger partial charge < -0.3 is 45.0 Å². The third-order valence-corrected chi connectivity index (χ3v) is 6.49. The van der Waals surface area contributed by atoms with Gasteiger partial charge in [0.1, 0.15) is 0 Å². The van der Waals surface area contributed by atoms with Crippen LogP contribution in [-0.2, 0) is 9.13 Å². The minimum Gasteiger partial charge on any atom is -0.809 e. The Labute approximate surface area is 250 Å². The predicted molar refractivity (Wildman–Crippen MR) is 76.2 cm³/mol. The largest absolute Gasteiger partial charge is 1.00 e. The molecule has 1 heterocycles. The Morgan fingerprint density at radius 1 is 0.926 bits per heavy atom. The van der Waals surface area contributed by atoms with Gasteiger partial charge in [0.05, 0.1) is 5.52 Å². The molecule has 11 nitrogen and oxygen atoms in total. The summed E-state index contributed by atoms with van der Waals surface area (Å²) in [6.07, 6.45) is 4.20. The zero-order valence-electron chi connectivity index (χ0n) is 15.8. The molecule has 0 unspecified atom stereocenters. The van der Waals surface area contributed by atoms with E-state index in [-0.39, 0.29) is 136 Å². The molecule has 0 bridgehead atoms. The minimum atomic E-state index is -5.53. The smallest absolute Gasteiger partial charge is 0.809 e. The van der Waals surface area contributed by atoms with Gasteiger partial charge in [-0.15, -0.1) is 0 Å². The fourth-order valence-electron chi connectivity index (χ4n) is 1.38. The predicted octanol–water partition coefficient (Wildman–Crippen LogP) is -15.6. The van der Waals surface area contributed by atoms with Crippen LogP contribution in [0.4, 0.5) is 0 Å².